The maximum atomic E-state index is 15.9. The number of rotatable bonds is 65. The molecule has 0 aliphatic carbocycles. The Morgan fingerprint density at radius 3 is 1.00 bits per heavy atom. The van der Waals surface area contributed by atoms with Gasteiger partial charge in [0.1, 0.15) is 0 Å². The number of nitrogens with zero attached hydrogens (tertiary/aromatic N) is 2. The number of aryl methyl sites for hydroxylation is 6. The van der Waals surface area contributed by atoms with Crippen LogP contribution in [0.15, 0.2) is 58.1 Å². The van der Waals surface area contributed by atoms with E-state index in [9.17, 15) is 0 Å². The molecule has 0 N–H and O–H groups in total. The molecule has 0 amide bonds. The summed E-state index contributed by atoms with van der Waals surface area (Å²) in [5, 5.41) is 0. The van der Waals surface area contributed by atoms with E-state index < -0.39 is 0 Å². The molecule has 4 nitrogen and oxygen atoms in total. The molecule has 0 saturated heterocycles. The Labute approximate surface area is 647 Å². The van der Waals surface area contributed by atoms with Gasteiger partial charge in [0.2, 0.25) is 0 Å². The van der Waals surface area contributed by atoms with Crippen LogP contribution in [-0.4, -0.2) is 38.1 Å². The smallest absolute Gasteiger partial charge is 0.0654 e. The first-order chi connectivity index (χ1) is 50.1. The molecule has 102 heavy (non-hydrogen) atoms. The fourth-order valence-corrected chi connectivity index (χ4v) is 22.4. The Balaban J connectivity index is 1.32. The third-order valence-electron chi connectivity index (χ3n) is 22.6. The molecule has 0 spiro atoms. The molecule has 2 atom stereocenters. The molecule has 0 saturated carbocycles. The second-order valence-electron chi connectivity index (χ2n) is 31.8. The van der Waals surface area contributed by atoms with E-state index in [-0.39, 0.29) is 40.1 Å². The first kappa shape index (κ1) is 88.2. The van der Waals surface area contributed by atoms with Gasteiger partial charge in [-0.05, 0) is 0 Å². The molecule has 8 heteroatoms. The summed E-state index contributed by atoms with van der Waals surface area (Å²) < 4.78 is 9.44. The topological polar surface area (TPSA) is 44.0 Å². The molecule has 6 heterocycles. The fourth-order valence-electron chi connectivity index (χ4n) is 16.2. The summed E-state index contributed by atoms with van der Waals surface area (Å²) in [5.74, 6) is 1.52. The van der Waals surface area contributed by atoms with Gasteiger partial charge in [-0.25, -0.2) is 0 Å². The summed E-state index contributed by atoms with van der Waals surface area (Å²) in [5.41, 5.74) is 6.86. The van der Waals surface area contributed by atoms with Crippen molar-refractivity contribution in [2.24, 2.45) is 11.8 Å². The average Bonchev–Trinajstić information content (AvgIpc) is 1.18. The fraction of sp³-hybridized carbons (Fsp3) is 0.723. The first-order valence-electron chi connectivity index (χ1n) is 44.0. The zero-order valence-corrected chi connectivity index (χ0v) is 72.3. The Hall–Kier alpha value is -2.70. The van der Waals surface area contributed by atoms with Crippen molar-refractivity contribution in [2.45, 2.75) is 428 Å². The Kier molecular flexibility index (Phi) is 48.1. The van der Waals surface area contributed by atoms with Crippen molar-refractivity contribution in [2.75, 3.05) is 0 Å². The number of hydrogen-bond donors (Lipinski definition) is 0. The number of unbranched alkanes of at least 4 members (excludes halogenated alkanes) is 40. The van der Waals surface area contributed by atoms with Gasteiger partial charge in [-0.2, -0.15) is 0 Å². The molecule has 574 valence electrons. The van der Waals surface area contributed by atoms with Crippen LogP contribution in [0.2, 0.25) is 0 Å². The van der Waals surface area contributed by atoms with Crippen LogP contribution in [0.25, 0.3) is 52.5 Å². The Morgan fingerprint density at radius 2 is 0.637 bits per heavy atom. The molecule has 0 aliphatic rings. The van der Waals surface area contributed by atoms with Crippen LogP contribution in [0.1, 0.15) is 418 Å². The number of pyridine rings is 2. The SMILES string of the molecule is CCCCCCCCCCCCC(CCCCCCCCCC)CCCCn1c(=O)c(-c2ccc(C)[se]2)cc2c1cc(-c1ccc(-c3cc(CCCCCC)c(/C=C/c4sc(C)cc4CCCCCC)s3)[se]1)c(=O)n2CCCCC(CCCCCCCCCC)CCCCCCCCCCCC. The van der Waals surface area contributed by atoms with Crippen molar-refractivity contribution in [3.63, 3.8) is 0 Å². The summed E-state index contributed by atoms with van der Waals surface area (Å²) in [6, 6.07) is 18.5. The van der Waals surface area contributed by atoms with Crippen LogP contribution in [-0.2, 0) is 25.9 Å². The van der Waals surface area contributed by atoms with Gasteiger partial charge in [-0.1, -0.05) is 221 Å². The van der Waals surface area contributed by atoms with Crippen molar-refractivity contribution in [1.82, 2.24) is 9.13 Å². The van der Waals surface area contributed by atoms with E-state index in [4.69, 9.17) is 0 Å². The van der Waals surface area contributed by atoms with Gasteiger partial charge in [0, 0.05) is 0 Å². The van der Waals surface area contributed by atoms with Crippen molar-refractivity contribution in [3.8, 4) is 29.3 Å². The van der Waals surface area contributed by atoms with Crippen LogP contribution >= 0.6 is 22.7 Å². The zero-order chi connectivity index (χ0) is 72.5. The second-order valence-corrected chi connectivity index (χ2v) is 39.1. The Bertz CT molecular complexity index is 3230. The molecule has 2 unspecified atom stereocenters. The molecule has 6 aromatic rings. The van der Waals surface area contributed by atoms with E-state index >= 15 is 9.59 Å². The number of fused-ring (bicyclic) bond motifs is 1. The van der Waals surface area contributed by atoms with Crippen LogP contribution in [0.4, 0.5) is 0 Å². The van der Waals surface area contributed by atoms with Crippen LogP contribution in [0.5, 0.6) is 0 Å². The predicted octanol–water partition coefficient (Wildman–Crippen LogP) is 30.7. The average molecular weight is 1560 g/mol. The Morgan fingerprint density at radius 1 is 0.333 bits per heavy atom. The normalized spacial score (nSPS) is 12.6. The minimum atomic E-state index is -0.0619. The molecule has 0 bridgehead atoms. The number of aromatic nitrogens is 2. The standard InChI is InChI=1S/C94H152N2O2S2Se2/c1-9-15-21-27-31-35-37-41-45-49-59-79(57-47-43-39-33-29-23-17-11-3)61-53-55-71-95-86-76-84(91-69-70-92(102-91)89-74-82(64-52-26-20-14-6)88(100-89)67-66-87-81(73-77(7)99-87)63-51-25-19-13-5)94(98)96(85(86)75-83(93(95)97)90-68-65-78(8)101-90)72-56-54-62-80(58-48-44-40-34-30-24-18-12-4)60-50-46-42-38-36-32-28-22-16-10-2/h65-70,73-76,79-80H,9-64,71-72H2,1-8H3/b67-66+. The van der Waals surface area contributed by atoms with E-state index in [2.05, 4.69) is 125 Å². The minimum absolute atomic E-state index is 0.0619. The summed E-state index contributed by atoms with van der Waals surface area (Å²) >= 11 is 3.95. The van der Waals surface area contributed by atoms with Gasteiger partial charge in [-0.15, -0.1) is 0 Å². The van der Waals surface area contributed by atoms with Crippen LogP contribution in [0, 0.1) is 25.7 Å². The molecule has 6 aromatic heterocycles. The zero-order valence-electron chi connectivity index (χ0n) is 67.3. The monoisotopic (exact) mass is 1560 g/mol. The van der Waals surface area contributed by atoms with E-state index in [0.29, 0.717) is 13.1 Å². The van der Waals surface area contributed by atoms with E-state index in [0.717, 1.165) is 77.0 Å². The van der Waals surface area contributed by atoms with Crippen molar-refractivity contribution in [1.29, 1.82) is 0 Å². The minimum Gasteiger partial charge on any atom is -0.0654 e. The van der Waals surface area contributed by atoms with Gasteiger partial charge in [-0.3, -0.25) is 0 Å². The van der Waals surface area contributed by atoms with Crippen molar-refractivity contribution >= 4 is 74.9 Å². The first-order valence-corrected chi connectivity index (χ1v) is 49.1. The number of hydrogen-bond acceptors (Lipinski definition) is 4. The molecular weight excluding hydrogens is 1410 g/mol. The van der Waals surface area contributed by atoms with E-state index in [1.165, 1.54) is 365 Å². The molecule has 6 rings (SSSR count). The van der Waals surface area contributed by atoms with Gasteiger partial charge >= 0.3 is 432 Å². The second kappa shape index (κ2) is 55.7. The van der Waals surface area contributed by atoms with Gasteiger partial charge in [0.25, 0.3) is 0 Å². The van der Waals surface area contributed by atoms with Gasteiger partial charge in [0.05, 0.1) is 0 Å². The molecule has 0 aromatic carbocycles. The maximum absolute atomic E-state index is 15.9. The molecule has 0 aliphatic heterocycles. The summed E-state index contributed by atoms with van der Waals surface area (Å²) in [4.78, 5) is 37.1. The summed E-state index contributed by atoms with van der Waals surface area (Å²) in [7, 11) is 0. The van der Waals surface area contributed by atoms with Crippen molar-refractivity contribution in [3.05, 3.63) is 99.4 Å². The quantitative estimate of drug-likeness (QED) is 0.0282. The summed E-state index contributed by atoms with van der Waals surface area (Å²) in [6.45, 7) is 19.8. The van der Waals surface area contributed by atoms with Crippen LogP contribution < -0.4 is 11.1 Å². The predicted molar refractivity (Wildman–Crippen MR) is 461 cm³/mol. The van der Waals surface area contributed by atoms with E-state index in [1.54, 1.807) is 0 Å². The molecular formula is C94H152N2O2S2Se2. The summed E-state index contributed by atoms with van der Waals surface area (Å²) in [6.07, 6.45) is 79.3. The molecule has 0 radical (unpaired) electrons. The number of thiophene rings is 2. The van der Waals surface area contributed by atoms with E-state index in [1.807, 2.05) is 22.7 Å². The van der Waals surface area contributed by atoms with Crippen molar-refractivity contribution < 1.29 is 0 Å². The third kappa shape index (κ3) is 34.3. The van der Waals surface area contributed by atoms with Crippen LogP contribution in [0.3, 0.4) is 0 Å². The molecule has 0 fully saturated rings. The van der Waals surface area contributed by atoms with Gasteiger partial charge in [0.15, 0.2) is 0 Å². The van der Waals surface area contributed by atoms with Gasteiger partial charge < -0.3 is 0 Å². The third-order valence-corrected chi connectivity index (χ3v) is 29.7.